The molecule has 0 aliphatic rings. The van der Waals surface area contributed by atoms with Gasteiger partial charge in [-0.25, -0.2) is 4.98 Å². The zero-order chi connectivity index (χ0) is 15.5. The molecule has 0 aliphatic carbocycles. The first-order valence-corrected chi connectivity index (χ1v) is 7.35. The van der Waals surface area contributed by atoms with Crippen LogP contribution in [-0.4, -0.2) is 16.5 Å². The molecule has 4 nitrogen and oxygen atoms in total. The van der Waals surface area contributed by atoms with Crippen molar-refractivity contribution in [3.8, 4) is 6.07 Å². The van der Waals surface area contributed by atoms with Gasteiger partial charge in [-0.15, -0.1) is 0 Å². The number of nitriles is 1. The Hall–Kier alpha value is -2.80. The van der Waals surface area contributed by atoms with Gasteiger partial charge >= 0.3 is 0 Å². The number of nitrogens with one attached hydrogen (secondary N) is 2. The molecular weight excluding hydrogens is 272 g/mol. The van der Waals surface area contributed by atoms with Gasteiger partial charge in [0.15, 0.2) is 0 Å². The second-order valence-electron chi connectivity index (χ2n) is 5.51. The third-order valence-corrected chi connectivity index (χ3v) is 3.83. The molecule has 110 valence electrons. The Kier molecular flexibility index (Phi) is 3.80. The van der Waals surface area contributed by atoms with Crippen LogP contribution in [0.3, 0.4) is 0 Å². The molecule has 2 heterocycles. The predicted molar refractivity (Wildman–Crippen MR) is 88.9 cm³/mol. The maximum atomic E-state index is 9.01. The second-order valence-corrected chi connectivity index (χ2v) is 5.51. The van der Waals surface area contributed by atoms with Gasteiger partial charge in [0, 0.05) is 23.6 Å². The summed E-state index contributed by atoms with van der Waals surface area (Å²) in [4.78, 5) is 7.62. The summed E-state index contributed by atoms with van der Waals surface area (Å²) in [6, 6.07) is 12.4. The van der Waals surface area contributed by atoms with E-state index in [0.29, 0.717) is 5.69 Å². The van der Waals surface area contributed by atoms with Crippen LogP contribution in [0.25, 0.3) is 10.9 Å². The van der Waals surface area contributed by atoms with Gasteiger partial charge in [-0.05, 0) is 49.1 Å². The number of hydrogen-bond acceptors (Lipinski definition) is 3. The van der Waals surface area contributed by atoms with Gasteiger partial charge in [0.1, 0.15) is 17.6 Å². The van der Waals surface area contributed by atoms with Crippen molar-refractivity contribution in [2.45, 2.75) is 20.3 Å². The number of pyridine rings is 1. The molecule has 0 bridgehead atoms. The number of aromatic amines is 1. The van der Waals surface area contributed by atoms with E-state index in [9.17, 15) is 0 Å². The predicted octanol–water partition coefficient (Wildman–Crippen LogP) is 3.71. The van der Waals surface area contributed by atoms with Crippen molar-refractivity contribution in [1.82, 2.24) is 9.97 Å². The van der Waals surface area contributed by atoms with Crippen LogP contribution in [-0.2, 0) is 6.42 Å². The Labute approximate surface area is 129 Å². The van der Waals surface area contributed by atoms with Crippen LogP contribution in [0.5, 0.6) is 0 Å². The Morgan fingerprint density at radius 1 is 1.23 bits per heavy atom. The molecule has 0 spiro atoms. The summed E-state index contributed by atoms with van der Waals surface area (Å²) >= 11 is 0. The first-order valence-electron chi connectivity index (χ1n) is 7.35. The molecule has 22 heavy (non-hydrogen) atoms. The lowest BCUT2D eigenvalue weighted by Gasteiger charge is -2.06. The topological polar surface area (TPSA) is 64.5 Å². The molecule has 0 radical (unpaired) electrons. The highest BCUT2D eigenvalue weighted by molar-refractivity contribution is 5.83. The number of benzene rings is 1. The highest BCUT2D eigenvalue weighted by Gasteiger charge is 2.05. The lowest BCUT2D eigenvalue weighted by atomic mass is 10.1. The molecule has 0 unspecified atom stereocenters. The number of H-pyrrole nitrogens is 1. The molecule has 0 amide bonds. The SMILES string of the molecule is Cc1ccc2c(CCNc3ccc(C)c(C#N)n3)c[nH]c2c1. The van der Waals surface area contributed by atoms with Crippen LogP contribution in [0.15, 0.2) is 36.5 Å². The third kappa shape index (κ3) is 2.79. The molecule has 2 N–H and O–H groups in total. The van der Waals surface area contributed by atoms with E-state index < -0.39 is 0 Å². The van der Waals surface area contributed by atoms with Crippen LogP contribution in [0.2, 0.25) is 0 Å². The quantitative estimate of drug-likeness (QED) is 0.770. The maximum Gasteiger partial charge on any atom is 0.145 e. The van der Waals surface area contributed by atoms with Gasteiger partial charge in [-0.2, -0.15) is 5.26 Å². The fourth-order valence-electron chi connectivity index (χ4n) is 2.57. The fraction of sp³-hybridized carbons (Fsp3) is 0.222. The van der Waals surface area contributed by atoms with Crippen LogP contribution < -0.4 is 5.32 Å². The Morgan fingerprint density at radius 2 is 2.09 bits per heavy atom. The van der Waals surface area contributed by atoms with E-state index in [-0.39, 0.29) is 0 Å². The maximum absolute atomic E-state index is 9.01. The number of hydrogen-bond donors (Lipinski definition) is 2. The summed E-state index contributed by atoms with van der Waals surface area (Å²) in [6.45, 7) is 4.77. The van der Waals surface area contributed by atoms with Gasteiger partial charge in [0.05, 0.1) is 0 Å². The number of aryl methyl sites for hydroxylation is 2. The Balaban J connectivity index is 1.69. The largest absolute Gasteiger partial charge is 0.370 e. The molecule has 4 heteroatoms. The number of fused-ring (bicyclic) bond motifs is 1. The zero-order valence-corrected chi connectivity index (χ0v) is 12.8. The first kappa shape index (κ1) is 14.2. The standard InChI is InChI=1S/C18H18N4/c1-12-3-5-15-14(11-21-16(15)9-12)7-8-20-18-6-4-13(2)17(10-19)22-18/h3-6,9,11,21H,7-8H2,1-2H3,(H,20,22). The van der Waals surface area contributed by atoms with E-state index in [1.54, 1.807) is 0 Å². The van der Waals surface area contributed by atoms with E-state index in [4.69, 9.17) is 5.26 Å². The average molecular weight is 290 g/mol. The summed E-state index contributed by atoms with van der Waals surface area (Å²) in [5, 5.41) is 13.6. The molecule has 3 aromatic rings. The molecule has 3 rings (SSSR count). The van der Waals surface area contributed by atoms with E-state index in [1.807, 2.05) is 19.1 Å². The minimum Gasteiger partial charge on any atom is -0.370 e. The van der Waals surface area contributed by atoms with Crippen molar-refractivity contribution >= 4 is 16.7 Å². The molecular formula is C18H18N4. The van der Waals surface area contributed by atoms with Gasteiger partial charge in [-0.1, -0.05) is 18.2 Å². The van der Waals surface area contributed by atoms with E-state index >= 15 is 0 Å². The van der Waals surface area contributed by atoms with Crippen LogP contribution >= 0.6 is 0 Å². The molecule has 0 aliphatic heterocycles. The summed E-state index contributed by atoms with van der Waals surface area (Å²) < 4.78 is 0. The smallest absolute Gasteiger partial charge is 0.145 e. The summed E-state index contributed by atoms with van der Waals surface area (Å²) in [6.07, 6.45) is 2.97. The Morgan fingerprint density at radius 3 is 2.91 bits per heavy atom. The summed E-state index contributed by atoms with van der Waals surface area (Å²) in [7, 11) is 0. The van der Waals surface area contributed by atoms with Gasteiger partial charge in [0.2, 0.25) is 0 Å². The zero-order valence-electron chi connectivity index (χ0n) is 12.8. The van der Waals surface area contributed by atoms with Crippen molar-refractivity contribution in [1.29, 1.82) is 5.26 Å². The number of anilines is 1. The lowest BCUT2D eigenvalue weighted by molar-refractivity contribution is 1.01. The van der Waals surface area contributed by atoms with Crippen molar-refractivity contribution in [3.63, 3.8) is 0 Å². The monoisotopic (exact) mass is 290 g/mol. The van der Waals surface area contributed by atoms with Gasteiger partial charge < -0.3 is 10.3 Å². The molecule has 0 saturated heterocycles. The fourth-order valence-corrected chi connectivity index (χ4v) is 2.57. The van der Waals surface area contributed by atoms with E-state index in [1.165, 1.54) is 22.0 Å². The van der Waals surface area contributed by atoms with Crippen LogP contribution in [0, 0.1) is 25.2 Å². The number of aromatic nitrogens is 2. The van der Waals surface area contributed by atoms with E-state index in [0.717, 1.165) is 24.3 Å². The van der Waals surface area contributed by atoms with Crippen molar-refractivity contribution in [2.75, 3.05) is 11.9 Å². The van der Waals surface area contributed by atoms with Crippen molar-refractivity contribution in [3.05, 3.63) is 58.9 Å². The third-order valence-electron chi connectivity index (χ3n) is 3.83. The van der Waals surface area contributed by atoms with Crippen LogP contribution in [0.1, 0.15) is 22.4 Å². The first-order chi connectivity index (χ1) is 10.7. The molecule has 0 saturated carbocycles. The van der Waals surface area contributed by atoms with Gasteiger partial charge in [0.25, 0.3) is 0 Å². The Bertz CT molecular complexity index is 855. The minimum atomic E-state index is 0.479. The average Bonchev–Trinajstić information content (AvgIpc) is 2.91. The van der Waals surface area contributed by atoms with Crippen LogP contribution in [0.4, 0.5) is 5.82 Å². The van der Waals surface area contributed by atoms with E-state index in [2.05, 4.69) is 52.7 Å². The van der Waals surface area contributed by atoms with Crippen molar-refractivity contribution in [2.24, 2.45) is 0 Å². The van der Waals surface area contributed by atoms with Crippen molar-refractivity contribution < 1.29 is 0 Å². The second kappa shape index (κ2) is 5.90. The molecule has 1 aromatic carbocycles. The summed E-state index contributed by atoms with van der Waals surface area (Å²) in [5.74, 6) is 0.748. The lowest BCUT2D eigenvalue weighted by Crippen LogP contribution is -2.07. The number of rotatable bonds is 4. The van der Waals surface area contributed by atoms with Gasteiger partial charge in [-0.3, -0.25) is 0 Å². The molecule has 0 fully saturated rings. The minimum absolute atomic E-state index is 0.479. The number of nitrogens with zero attached hydrogens (tertiary/aromatic N) is 2. The summed E-state index contributed by atoms with van der Waals surface area (Å²) in [5.41, 5.74) is 5.10. The molecule has 0 atom stereocenters. The highest BCUT2D eigenvalue weighted by atomic mass is 15.0. The normalized spacial score (nSPS) is 10.6. The molecule has 2 aromatic heterocycles. The highest BCUT2D eigenvalue weighted by Crippen LogP contribution is 2.20.